The molecule has 0 unspecified atom stereocenters. The van der Waals surface area contributed by atoms with Gasteiger partial charge in [0.25, 0.3) is 0 Å². The minimum atomic E-state index is 0.604. The molecule has 0 heterocycles. The maximum atomic E-state index is 6.22. The molecule has 4 rings (SSSR count). The molecule has 0 aliphatic rings. The van der Waals surface area contributed by atoms with Gasteiger partial charge < -0.3 is 38.5 Å². The van der Waals surface area contributed by atoms with Crippen LogP contribution in [0.5, 0.6) is 23.0 Å². The summed E-state index contributed by atoms with van der Waals surface area (Å²) >= 11 is 28.5. The lowest BCUT2D eigenvalue weighted by molar-refractivity contribution is 0.318. The molecule has 0 radical (unpaired) electrons. The Hall–Kier alpha value is -3.22. The third-order valence-corrected chi connectivity index (χ3v) is 16.7. The van der Waals surface area contributed by atoms with Gasteiger partial charge in [0, 0.05) is 79.4 Å². The summed E-state index contributed by atoms with van der Waals surface area (Å²) in [5.74, 6) is 6.88. The van der Waals surface area contributed by atoms with Crippen LogP contribution in [0.15, 0.2) is 97.1 Å². The Morgan fingerprint density at radius 1 is 0.333 bits per heavy atom. The number of nitrogens with zero attached hydrogens (tertiary/aromatic N) is 4. The fourth-order valence-corrected chi connectivity index (χ4v) is 9.71. The van der Waals surface area contributed by atoms with Crippen molar-refractivity contribution in [3.8, 4) is 23.0 Å². The van der Waals surface area contributed by atoms with E-state index in [1.165, 1.54) is 0 Å². The molecule has 8 nitrogen and oxygen atoms in total. The monoisotopic (exact) mass is 1040 g/mol. The van der Waals surface area contributed by atoms with Crippen LogP contribution in [0, 0.1) is 0 Å². The molecule has 0 aliphatic carbocycles. The zero-order valence-corrected chi connectivity index (χ0v) is 45.9. The van der Waals surface area contributed by atoms with Gasteiger partial charge in [-0.05, 0) is 108 Å². The van der Waals surface area contributed by atoms with Crippen LogP contribution in [-0.2, 0) is 0 Å². The number of rotatable bonds is 24. The standard InChI is InChI=1S/C50H64N4O4S8/c1-51(2)47(59)63-33-9-29-55-41-21-13-37(14-22-41)45(38-15-23-42(24-16-38)56-30-10-34-64-48(60)52(3)4)46(39-17-25-43(26-18-39)57-31-11-35-65-49(61)53(5)6)40-19-27-44(28-20-40)58-32-12-36-66-50(62)54(7)8/h13-28H,9-12,29-36H2,1-8H3. The highest BCUT2D eigenvalue weighted by atomic mass is 32.2. The van der Waals surface area contributed by atoms with Gasteiger partial charge in [0.2, 0.25) is 0 Å². The highest BCUT2D eigenvalue weighted by molar-refractivity contribution is 8.23. The molecule has 0 saturated heterocycles. The summed E-state index contributed by atoms with van der Waals surface area (Å²) in [5, 5.41) is 0. The molecule has 0 aliphatic heterocycles. The first-order chi connectivity index (χ1) is 31.7. The predicted octanol–water partition coefficient (Wildman–Crippen LogP) is 12.1. The molecule has 0 atom stereocenters. The van der Waals surface area contributed by atoms with E-state index in [4.69, 9.17) is 67.8 Å². The number of ether oxygens (including phenoxy) is 4. The maximum absolute atomic E-state index is 6.22. The van der Waals surface area contributed by atoms with E-state index in [9.17, 15) is 0 Å². The van der Waals surface area contributed by atoms with Gasteiger partial charge in [0.15, 0.2) is 0 Å². The Kier molecular flexibility index (Phi) is 25.4. The lowest BCUT2D eigenvalue weighted by Crippen LogP contribution is -2.16. The Morgan fingerprint density at radius 2 is 0.515 bits per heavy atom. The van der Waals surface area contributed by atoms with Gasteiger partial charge in [0.05, 0.1) is 26.4 Å². The van der Waals surface area contributed by atoms with Gasteiger partial charge in [0.1, 0.15) is 40.3 Å². The van der Waals surface area contributed by atoms with Crippen LogP contribution < -0.4 is 18.9 Å². The van der Waals surface area contributed by atoms with Crippen molar-refractivity contribution in [3.05, 3.63) is 119 Å². The lowest BCUT2D eigenvalue weighted by atomic mass is 9.85. The van der Waals surface area contributed by atoms with Crippen LogP contribution in [0.3, 0.4) is 0 Å². The van der Waals surface area contributed by atoms with Gasteiger partial charge in [-0.1, -0.05) is 144 Å². The second kappa shape index (κ2) is 30.3. The van der Waals surface area contributed by atoms with E-state index in [1.807, 2.05) is 76.0 Å². The van der Waals surface area contributed by atoms with Gasteiger partial charge in [-0.3, -0.25) is 0 Å². The summed E-state index contributed by atoms with van der Waals surface area (Å²) in [6.07, 6.45) is 3.55. The Morgan fingerprint density at radius 3 is 0.682 bits per heavy atom. The van der Waals surface area contributed by atoms with Crippen molar-refractivity contribution in [1.82, 2.24) is 19.6 Å². The Bertz CT molecular complexity index is 1850. The summed E-state index contributed by atoms with van der Waals surface area (Å²) in [6, 6.07) is 33.7. The molecule has 0 fully saturated rings. The summed E-state index contributed by atoms with van der Waals surface area (Å²) in [7, 11) is 15.8. The third-order valence-electron chi connectivity index (χ3n) is 9.41. The fraction of sp³-hybridized carbons (Fsp3) is 0.400. The fourth-order valence-electron chi connectivity index (χ4n) is 5.93. The van der Waals surface area contributed by atoms with Crippen molar-refractivity contribution >= 4 is 124 Å². The molecule has 66 heavy (non-hydrogen) atoms. The van der Waals surface area contributed by atoms with E-state index in [0.717, 1.165) is 122 Å². The van der Waals surface area contributed by atoms with E-state index < -0.39 is 0 Å². The van der Waals surface area contributed by atoms with Crippen LogP contribution in [0.2, 0.25) is 0 Å². The summed E-state index contributed by atoms with van der Waals surface area (Å²) < 4.78 is 28.4. The minimum absolute atomic E-state index is 0.604. The molecule has 16 heteroatoms. The number of hydrogen-bond acceptors (Lipinski definition) is 12. The largest absolute Gasteiger partial charge is 0.494 e. The molecule has 356 valence electrons. The van der Waals surface area contributed by atoms with Crippen molar-refractivity contribution < 1.29 is 18.9 Å². The summed E-state index contributed by atoms with van der Waals surface area (Å²) in [6.45, 7) is 2.41. The Labute approximate surface area is 433 Å². The first-order valence-corrected chi connectivity index (χ1v) is 27.3. The maximum Gasteiger partial charge on any atom is 0.135 e. The van der Waals surface area contributed by atoms with Crippen molar-refractivity contribution in [2.75, 3.05) is 106 Å². The van der Waals surface area contributed by atoms with E-state index >= 15 is 0 Å². The molecule has 0 amide bonds. The average Bonchev–Trinajstić information content (AvgIpc) is 3.31. The van der Waals surface area contributed by atoms with E-state index in [0.29, 0.717) is 26.4 Å². The molecular weight excluding hydrogens is 977 g/mol. The zero-order chi connectivity index (χ0) is 47.8. The number of thiocarbonyl (C=S) groups is 4. The van der Waals surface area contributed by atoms with Crippen molar-refractivity contribution in [3.63, 3.8) is 0 Å². The van der Waals surface area contributed by atoms with Gasteiger partial charge in [-0.2, -0.15) is 0 Å². The third kappa shape index (κ3) is 19.8. The smallest absolute Gasteiger partial charge is 0.135 e. The van der Waals surface area contributed by atoms with Crippen molar-refractivity contribution in [1.29, 1.82) is 0 Å². The second-order valence-corrected chi connectivity index (χ2v) is 22.6. The quantitative estimate of drug-likeness (QED) is 0.0380. The summed E-state index contributed by atoms with van der Waals surface area (Å²) in [4.78, 5) is 7.86. The minimum Gasteiger partial charge on any atom is -0.494 e. The lowest BCUT2D eigenvalue weighted by Gasteiger charge is -2.20. The van der Waals surface area contributed by atoms with Crippen LogP contribution in [0.1, 0.15) is 47.9 Å². The van der Waals surface area contributed by atoms with Crippen LogP contribution in [-0.4, -0.2) is 143 Å². The molecule has 0 aromatic heterocycles. The number of benzene rings is 4. The highest BCUT2D eigenvalue weighted by Crippen LogP contribution is 2.39. The molecule has 4 aromatic carbocycles. The van der Waals surface area contributed by atoms with Crippen LogP contribution in [0.25, 0.3) is 11.1 Å². The zero-order valence-electron chi connectivity index (χ0n) is 39.4. The molecule has 0 N–H and O–H groups in total. The number of thioether (sulfide) groups is 4. The molecular formula is C50H64N4O4S8. The SMILES string of the molecule is CN(C)C(=S)SCCCOc1ccc(C(=C(c2ccc(OCCCSC(=S)N(C)C)cc2)c2ccc(OCCCSC(=S)N(C)C)cc2)c2ccc(OCCCSC(=S)N(C)C)cc2)cc1. The first-order valence-electron chi connectivity index (χ1n) is 21.8. The predicted molar refractivity (Wildman–Crippen MR) is 306 cm³/mol. The van der Waals surface area contributed by atoms with E-state index in [2.05, 4.69) is 97.1 Å². The normalized spacial score (nSPS) is 10.7. The average molecular weight is 1040 g/mol. The molecule has 0 spiro atoms. The van der Waals surface area contributed by atoms with Gasteiger partial charge in [-0.15, -0.1) is 0 Å². The van der Waals surface area contributed by atoms with E-state index in [-0.39, 0.29) is 0 Å². The topological polar surface area (TPSA) is 49.9 Å². The van der Waals surface area contributed by atoms with E-state index in [1.54, 1.807) is 47.0 Å². The number of hydrogen-bond donors (Lipinski definition) is 0. The Balaban J connectivity index is 1.67. The van der Waals surface area contributed by atoms with Crippen molar-refractivity contribution in [2.24, 2.45) is 0 Å². The van der Waals surface area contributed by atoms with Gasteiger partial charge >= 0.3 is 0 Å². The molecule has 4 aromatic rings. The van der Waals surface area contributed by atoms with Crippen LogP contribution in [0.4, 0.5) is 0 Å². The van der Waals surface area contributed by atoms with Gasteiger partial charge in [-0.25, -0.2) is 0 Å². The second-order valence-electron chi connectivity index (χ2n) is 15.7. The molecule has 0 saturated carbocycles. The summed E-state index contributed by atoms with van der Waals surface area (Å²) in [5.41, 5.74) is 6.34. The highest BCUT2D eigenvalue weighted by Gasteiger charge is 2.18. The molecule has 0 bridgehead atoms. The van der Waals surface area contributed by atoms with Crippen molar-refractivity contribution in [2.45, 2.75) is 25.7 Å². The van der Waals surface area contributed by atoms with Crippen LogP contribution >= 0.6 is 95.9 Å². The first kappa shape index (κ1) is 55.4.